The Morgan fingerprint density at radius 1 is 0.726 bits per heavy atom. The molecule has 3 fully saturated rings. The van der Waals surface area contributed by atoms with E-state index in [9.17, 15) is 47.1 Å². The third-order valence-corrected chi connectivity index (χ3v) is 15.1. The van der Waals surface area contributed by atoms with Crippen molar-refractivity contribution < 1.29 is 69.7 Å². The average molecular weight is 901 g/mol. The van der Waals surface area contributed by atoms with Crippen molar-refractivity contribution in [2.24, 2.45) is 0 Å². The smallest absolute Gasteiger partial charge is 0.305 e. The number of nitrogens with one attached hydrogen (secondary N) is 3. The summed E-state index contributed by atoms with van der Waals surface area (Å²) in [6.07, 6.45) is -2.94. The van der Waals surface area contributed by atoms with Crippen LogP contribution in [0.1, 0.15) is 57.8 Å². The summed E-state index contributed by atoms with van der Waals surface area (Å²) in [5.74, 6) is -4.12. The number of hydrogen-bond acceptors (Lipinski definition) is 12. The second-order valence-electron chi connectivity index (χ2n) is 15.5. The molecule has 0 radical (unpaired) electrons. The molecule has 4 aromatic rings. The van der Waals surface area contributed by atoms with Crippen molar-refractivity contribution in [2.75, 3.05) is 0 Å². The van der Waals surface area contributed by atoms with Gasteiger partial charge in [0.05, 0.1) is 34.0 Å². The molecule has 1 saturated carbocycles. The van der Waals surface area contributed by atoms with Gasteiger partial charge in [-0.15, -0.1) is 0 Å². The number of aliphatic carboxylic acids is 1. The zero-order chi connectivity index (χ0) is 44.5. The molecule has 6 N–H and O–H groups in total. The summed E-state index contributed by atoms with van der Waals surface area (Å²) in [5, 5.41) is 30.6. The molecule has 4 aromatic carbocycles. The van der Waals surface area contributed by atoms with Gasteiger partial charge in [0, 0.05) is 12.8 Å². The molecule has 330 valence electrons. The molecule has 0 spiro atoms. The SMILES string of the molecule is O=C(O)CC(N(C1(C(=O)NO)CCCC1)S(=O)(=O)c1ccc(Oc2ccc(F)cc2)cc1)C12CCC(CC(NS(=O)(=O)c3ccc(Oc4ccc(F)cc4)cc3)(C(=O)NO)C1)O2. The first-order valence-corrected chi connectivity index (χ1v) is 22.3. The predicted molar refractivity (Wildman–Crippen MR) is 211 cm³/mol. The first-order valence-electron chi connectivity index (χ1n) is 19.4. The number of amides is 2. The van der Waals surface area contributed by atoms with Crippen molar-refractivity contribution >= 4 is 37.8 Å². The maximum absolute atomic E-state index is 15.2. The highest BCUT2D eigenvalue weighted by Gasteiger charge is 2.66. The summed E-state index contributed by atoms with van der Waals surface area (Å²) in [5.41, 5.74) is -3.33. The minimum Gasteiger partial charge on any atom is -0.481 e. The summed E-state index contributed by atoms with van der Waals surface area (Å²) in [4.78, 5) is 39.8. The number of ether oxygens (including phenoxy) is 3. The Morgan fingerprint density at radius 3 is 1.66 bits per heavy atom. The molecule has 4 unspecified atom stereocenters. The van der Waals surface area contributed by atoms with Gasteiger partial charge in [-0.3, -0.25) is 24.8 Å². The second kappa shape index (κ2) is 17.3. The number of carbonyl (C=O) groups excluding carboxylic acids is 2. The number of carbonyl (C=O) groups is 3. The van der Waals surface area contributed by atoms with Crippen LogP contribution in [0.15, 0.2) is 107 Å². The Bertz CT molecular complexity index is 2530. The second-order valence-corrected chi connectivity index (χ2v) is 19.0. The van der Waals surface area contributed by atoms with Crippen LogP contribution in [0.25, 0.3) is 0 Å². The van der Waals surface area contributed by atoms with E-state index in [0.29, 0.717) is 0 Å². The highest BCUT2D eigenvalue weighted by molar-refractivity contribution is 7.89. The largest absolute Gasteiger partial charge is 0.481 e. The van der Waals surface area contributed by atoms with Crippen LogP contribution in [-0.4, -0.2) is 83.3 Å². The fourth-order valence-electron chi connectivity index (χ4n) is 8.90. The van der Waals surface area contributed by atoms with E-state index >= 15 is 8.42 Å². The van der Waals surface area contributed by atoms with Crippen molar-refractivity contribution in [3.05, 3.63) is 109 Å². The van der Waals surface area contributed by atoms with Gasteiger partial charge in [0.2, 0.25) is 20.0 Å². The van der Waals surface area contributed by atoms with Crippen LogP contribution in [-0.2, 0) is 39.2 Å². The number of halogens is 2. The van der Waals surface area contributed by atoms with Gasteiger partial charge < -0.3 is 19.3 Å². The highest BCUT2D eigenvalue weighted by atomic mass is 32.2. The predicted octanol–water partition coefficient (Wildman–Crippen LogP) is 5.14. The van der Waals surface area contributed by atoms with Crippen LogP contribution in [0.2, 0.25) is 0 Å². The van der Waals surface area contributed by atoms with Crippen molar-refractivity contribution in [1.82, 2.24) is 20.0 Å². The molecular formula is C41H42F2N4O13S2. The zero-order valence-electron chi connectivity index (χ0n) is 32.7. The third kappa shape index (κ3) is 8.73. The first-order chi connectivity index (χ1) is 29.4. The van der Waals surface area contributed by atoms with Gasteiger partial charge in [0.15, 0.2) is 0 Å². The van der Waals surface area contributed by atoms with E-state index in [2.05, 4.69) is 4.72 Å². The normalized spacial score (nSPS) is 22.4. The number of carboxylic acids is 1. The Labute approximate surface area is 354 Å². The maximum Gasteiger partial charge on any atom is 0.305 e. The van der Waals surface area contributed by atoms with Crippen LogP contribution in [0, 0.1) is 11.6 Å². The van der Waals surface area contributed by atoms with Crippen molar-refractivity contribution in [3.63, 3.8) is 0 Å². The Balaban J connectivity index is 1.28. The molecule has 0 aromatic heterocycles. The van der Waals surface area contributed by atoms with Gasteiger partial charge in [-0.05, 0) is 123 Å². The molecule has 2 bridgehead atoms. The van der Waals surface area contributed by atoms with Crippen molar-refractivity contribution in [2.45, 2.75) is 96.4 Å². The van der Waals surface area contributed by atoms with E-state index in [1.54, 1.807) is 5.48 Å². The quantitative estimate of drug-likeness (QED) is 0.0631. The lowest BCUT2D eigenvalue weighted by Crippen LogP contribution is -2.71. The molecule has 2 amide bonds. The minimum atomic E-state index is -4.99. The molecule has 17 nitrogen and oxygen atoms in total. The zero-order valence-corrected chi connectivity index (χ0v) is 34.3. The molecule has 4 atom stereocenters. The molecule has 2 saturated heterocycles. The lowest BCUT2D eigenvalue weighted by molar-refractivity contribution is -0.172. The number of carboxylic acid groups (broad SMARTS) is 1. The number of hydrogen-bond donors (Lipinski definition) is 6. The van der Waals surface area contributed by atoms with Gasteiger partial charge in [-0.2, -0.15) is 9.03 Å². The fourth-order valence-corrected chi connectivity index (χ4v) is 12.3. The summed E-state index contributed by atoms with van der Waals surface area (Å²) in [6, 6.07) is 18.1. The van der Waals surface area contributed by atoms with Gasteiger partial charge in [0.1, 0.15) is 45.7 Å². The van der Waals surface area contributed by atoms with E-state index < -0.39 is 96.0 Å². The average Bonchev–Trinajstić information content (AvgIpc) is 3.86. The van der Waals surface area contributed by atoms with Gasteiger partial charge >= 0.3 is 5.97 Å². The first kappa shape index (κ1) is 44.5. The maximum atomic E-state index is 15.2. The minimum absolute atomic E-state index is 0.0796. The molecule has 3 aliphatic rings. The lowest BCUT2D eigenvalue weighted by Gasteiger charge is -2.53. The van der Waals surface area contributed by atoms with Crippen molar-refractivity contribution in [3.8, 4) is 23.0 Å². The number of nitrogens with zero attached hydrogens (tertiary/aromatic N) is 1. The van der Waals surface area contributed by atoms with E-state index in [4.69, 9.17) is 14.2 Å². The van der Waals surface area contributed by atoms with E-state index in [-0.39, 0.29) is 72.8 Å². The Morgan fingerprint density at radius 2 is 1.19 bits per heavy atom. The Hall–Kier alpha value is -5.55. The van der Waals surface area contributed by atoms with Gasteiger partial charge in [-0.25, -0.2) is 36.6 Å². The van der Waals surface area contributed by atoms with Crippen LogP contribution >= 0.6 is 0 Å². The number of fused-ring (bicyclic) bond motifs is 2. The van der Waals surface area contributed by atoms with Crippen LogP contribution in [0.5, 0.6) is 23.0 Å². The van der Waals surface area contributed by atoms with Gasteiger partial charge in [0.25, 0.3) is 11.8 Å². The van der Waals surface area contributed by atoms with Crippen LogP contribution in [0.4, 0.5) is 8.78 Å². The van der Waals surface area contributed by atoms with Crippen LogP contribution < -0.4 is 25.2 Å². The summed E-state index contributed by atoms with van der Waals surface area (Å²) in [6.45, 7) is 0. The highest BCUT2D eigenvalue weighted by Crippen LogP contribution is 2.53. The monoisotopic (exact) mass is 900 g/mol. The fraction of sp³-hybridized carbons (Fsp3) is 0.341. The number of rotatable bonds is 16. The van der Waals surface area contributed by atoms with Gasteiger partial charge in [-0.1, -0.05) is 12.8 Å². The molecule has 2 aliphatic heterocycles. The van der Waals surface area contributed by atoms with Crippen LogP contribution in [0.3, 0.4) is 0 Å². The molecule has 7 rings (SSSR count). The molecule has 62 heavy (non-hydrogen) atoms. The number of benzene rings is 4. The number of hydroxylamine groups is 2. The number of sulfonamides is 2. The van der Waals surface area contributed by atoms with E-state index in [1.165, 1.54) is 78.3 Å². The Kier molecular flexibility index (Phi) is 12.4. The summed E-state index contributed by atoms with van der Waals surface area (Å²) in [7, 11) is -9.68. The van der Waals surface area contributed by atoms with E-state index in [1.807, 2.05) is 0 Å². The van der Waals surface area contributed by atoms with Crippen molar-refractivity contribution in [1.29, 1.82) is 0 Å². The lowest BCUT2D eigenvalue weighted by atomic mass is 9.75. The third-order valence-electron chi connectivity index (χ3n) is 11.6. The molecule has 1 aliphatic carbocycles. The topological polar surface area (TPSA) is 247 Å². The molecular weight excluding hydrogens is 859 g/mol. The molecule has 2 heterocycles. The summed E-state index contributed by atoms with van der Waals surface area (Å²) < 4.78 is 107. The molecule has 21 heteroatoms. The summed E-state index contributed by atoms with van der Waals surface area (Å²) >= 11 is 0. The van der Waals surface area contributed by atoms with E-state index in [0.717, 1.165) is 28.6 Å². The standard InChI is InChI=1S/C41H42F2N4O13S2/c42-26-3-7-28(8-4-26)58-30-11-15-33(16-12-30)61(54,55)46-39(37(50)44-52)24-32-19-22-41(25-39,60-32)35(23-36(48)49)47(40(38(51)45-53)20-1-2-21-40)62(56,57)34-17-13-31(14-18-34)59-29-9-5-27(43)6-10-29/h3-18,32,35,46,52-53H,1-2,19-25H2,(H,44,50)(H,45,51)(H,48,49).